The number of methoxy groups -OCH3 is 1. The molecule has 1 aromatic heterocycles. The summed E-state index contributed by atoms with van der Waals surface area (Å²) >= 11 is 0. The molecule has 4 aromatic rings. The van der Waals surface area contributed by atoms with Crippen LogP contribution in [-0.2, 0) is 6.54 Å². The number of aromatic nitrogens is 1. The van der Waals surface area contributed by atoms with Crippen LogP contribution in [-0.4, -0.2) is 18.0 Å². The number of carbonyl (C=O) groups is 1. The van der Waals surface area contributed by atoms with Gasteiger partial charge in [0.2, 0.25) is 5.89 Å². The van der Waals surface area contributed by atoms with Gasteiger partial charge >= 0.3 is 0 Å². The molecular formula is C23H20N2O3. The number of fused-ring (bicyclic) bond motifs is 1. The Morgan fingerprint density at radius 2 is 1.82 bits per heavy atom. The molecule has 1 N–H and O–H groups in total. The first-order chi connectivity index (χ1) is 13.7. The zero-order valence-corrected chi connectivity index (χ0v) is 15.7. The predicted octanol–water partition coefficient (Wildman–Crippen LogP) is 4.74. The van der Waals surface area contributed by atoms with Crippen molar-refractivity contribution in [2.24, 2.45) is 0 Å². The van der Waals surface area contributed by atoms with Crippen LogP contribution in [0.1, 0.15) is 21.5 Å². The molecule has 1 heterocycles. The van der Waals surface area contributed by atoms with E-state index < -0.39 is 0 Å². The first kappa shape index (κ1) is 17.8. The molecule has 1 amide bonds. The van der Waals surface area contributed by atoms with Gasteiger partial charge in [-0.3, -0.25) is 4.79 Å². The van der Waals surface area contributed by atoms with E-state index in [1.165, 1.54) is 0 Å². The number of carbonyl (C=O) groups excluding carboxylic acids is 1. The number of nitrogens with zero attached hydrogens (tertiary/aromatic N) is 1. The van der Waals surface area contributed by atoms with Gasteiger partial charge in [0.05, 0.1) is 12.7 Å². The van der Waals surface area contributed by atoms with E-state index in [1.807, 2.05) is 67.6 Å². The summed E-state index contributed by atoms with van der Waals surface area (Å²) in [6, 6.07) is 21.0. The average molecular weight is 372 g/mol. The van der Waals surface area contributed by atoms with Crippen molar-refractivity contribution >= 4 is 17.0 Å². The number of rotatable bonds is 5. The van der Waals surface area contributed by atoms with Crippen molar-refractivity contribution < 1.29 is 13.9 Å². The van der Waals surface area contributed by atoms with Gasteiger partial charge in [-0.1, -0.05) is 36.4 Å². The highest BCUT2D eigenvalue weighted by molar-refractivity contribution is 5.97. The molecule has 0 atom stereocenters. The Morgan fingerprint density at radius 1 is 1.04 bits per heavy atom. The van der Waals surface area contributed by atoms with E-state index in [0.29, 0.717) is 23.7 Å². The Kier molecular flexibility index (Phi) is 4.81. The molecule has 0 saturated carbocycles. The second-order valence-electron chi connectivity index (χ2n) is 6.52. The van der Waals surface area contributed by atoms with Crippen LogP contribution in [0.2, 0.25) is 0 Å². The van der Waals surface area contributed by atoms with E-state index in [2.05, 4.69) is 10.3 Å². The van der Waals surface area contributed by atoms with Gasteiger partial charge in [0.25, 0.3) is 5.91 Å². The van der Waals surface area contributed by atoms with Crippen molar-refractivity contribution in [3.63, 3.8) is 0 Å². The summed E-state index contributed by atoms with van der Waals surface area (Å²) in [6.07, 6.45) is 0. The summed E-state index contributed by atoms with van der Waals surface area (Å²) in [7, 11) is 1.57. The molecule has 140 valence electrons. The van der Waals surface area contributed by atoms with E-state index >= 15 is 0 Å². The van der Waals surface area contributed by atoms with Crippen LogP contribution in [0, 0.1) is 6.92 Å². The second-order valence-corrected chi connectivity index (χ2v) is 6.52. The molecule has 0 saturated heterocycles. The first-order valence-corrected chi connectivity index (χ1v) is 9.02. The number of aryl methyl sites for hydroxylation is 1. The molecule has 0 radical (unpaired) electrons. The Morgan fingerprint density at radius 3 is 2.57 bits per heavy atom. The predicted molar refractivity (Wildman–Crippen MR) is 108 cm³/mol. The van der Waals surface area contributed by atoms with Gasteiger partial charge in [0, 0.05) is 12.1 Å². The first-order valence-electron chi connectivity index (χ1n) is 9.02. The average Bonchev–Trinajstić information content (AvgIpc) is 3.16. The maximum Gasteiger partial charge on any atom is 0.255 e. The van der Waals surface area contributed by atoms with Gasteiger partial charge in [-0.2, -0.15) is 0 Å². The van der Waals surface area contributed by atoms with Crippen molar-refractivity contribution in [1.82, 2.24) is 10.3 Å². The Hall–Kier alpha value is -3.60. The van der Waals surface area contributed by atoms with Gasteiger partial charge in [0.15, 0.2) is 5.58 Å². The van der Waals surface area contributed by atoms with E-state index in [-0.39, 0.29) is 5.91 Å². The number of ether oxygens (including phenoxy) is 1. The maximum atomic E-state index is 12.5. The molecule has 0 bridgehead atoms. The van der Waals surface area contributed by atoms with Crippen molar-refractivity contribution in [3.05, 3.63) is 83.4 Å². The van der Waals surface area contributed by atoms with Crippen molar-refractivity contribution in [2.45, 2.75) is 13.5 Å². The van der Waals surface area contributed by atoms with Crippen LogP contribution in [0.4, 0.5) is 0 Å². The Balaban J connectivity index is 1.46. The Bertz CT molecular complexity index is 1100. The van der Waals surface area contributed by atoms with Gasteiger partial charge in [-0.05, 0) is 48.4 Å². The van der Waals surface area contributed by atoms with Crippen LogP contribution in [0.25, 0.3) is 22.6 Å². The lowest BCUT2D eigenvalue weighted by molar-refractivity contribution is 0.0947. The van der Waals surface area contributed by atoms with E-state index in [1.54, 1.807) is 13.2 Å². The number of benzene rings is 3. The topological polar surface area (TPSA) is 64.4 Å². The maximum absolute atomic E-state index is 12.5. The minimum absolute atomic E-state index is 0.163. The summed E-state index contributed by atoms with van der Waals surface area (Å²) in [5.74, 6) is 1.02. The molecule has 5 nitrogen and oxygen atoms in total. The molecule has 3 aromatic carbocycles. The molecule has 4 rings (SSSR count). The molecular weight excluding hydrogens is 352 g/mol. The Labute approximate surface area is 163 Å². The smallest absolute Gasteiger partial charge is 0.255 e. The van der Waals surface area contributed by atoms with Crippen LogP contribution < -0.4 is 10.1 Å². The fourth-order valence-electron chi connectivity index (χ4n) is 3.14. The summed E-state index contributed by atoms with van der Waals surface area (Å²) < 4.78 is 11.2. The van der Waals surface area contributed by atoms with E-state index in [0.717, 1.165) is 27.8 Å². The third-order valence-corrected chi connectivity index (χ3v) is 4.61. The zero-order valence-electron chi connectivity index (χ0n) is 15.7. The fraction of sp³-hybridized carbons (Fsp3) is 0.130. The lowest BCUT2D eigenvalue weighted by atomic mass is 10.1. The second kappa shape index (κ2) is 7.56. The molecule has 0 spiro atoms. The monoisotopic (exact) mass is 372 g/mol. The lowest BCUT2D eigenvalue weighted by Gasteiger charge is -2.11. The van der Waals surface area contributed by atoms with Crippen LogP contribution in [0.3, 0.4) is 0 Å². The third kappa shape index (κ3) is 3.47. The third-order valence-electron chi connectivity index (χ3n) is 4.61. The number of para-hydroxylation sites is 3. The molecule has 28 heavy (non-hydrogen) atoms. The molecule has 0 aliphatic heterocycles. The van der Waals surface area contributed by atoms with E-state index in [9.17, 15) is 4.79 Å². The van der Waals surface area contributed by atoms with Gasteiger partial charge < -0.3 is 14.5 Å². The summed E-state index contributed by atoms with van der Waals surface area (Å²) in [5.41, 5.74) is 4.94. The van der Waals surface area contributed by atoms with Gasteiger partial charge in [0.1, 0.15) is 11.3 Å². The minimum Gasteiger partial charge on any atom is -0.496 e. The lowest BCUT2D eigenvalue weighted by Crippen LogP contribution is -2.23. The van der Waals surface area contributed by atoms with Crippen molar-refractivity contribution in [1.29, 1.82) is 0 Å². The summed E-state index contributed by atoms with van der Waals surface area (Å²) in [5, 5.41) is 2.94. The molecule has 0 aliphatic carbocycles. The van der Waals surface area contributed by atoms with Crippen molar-refractivity contribution in [3.8, 4) is 17.2 Å². The SMILES string of the molecule is COc1c(C)cccc1C(=O)NCc1ccc(-c2nc3ccccc3o2)cc1. The summed E-state index contributed by atoms with van der Waals surface area (Å²) in [6.45, 7) is 2.34. The zero-order chi connectivity index (χ0) is 19.5. The summed E-state index contributed by atoms with van der Waals surface area (Å²) in [4.78, 5) is 17.0. The molecule has 0 unspecified atom stereocenters. The highest BCUT2D eigenvalue weighted by Gasteiger charge is 2.13. The van der Waals surface area contributed by atoms with Gasteiger partial charge in [-0.25, -0.2) is 4.98 Å². The number of amides is 1. The number of hydrogen-bond acceptors (Lipinski definition) is 4. The molecule has 0 aliphatic rings. The number of nitrogens with one attached hydrogen (secondary N) is 1. The van der Waals surface area contributed by atoms with Crippen LogP contribution >= 0.6 is 0 Å². The van der Waals surface area contributed by atoms with Crippen molar-refractivity contribution in [2.75, 3.05) is 7.11 Å². The minimum atomic E-state index is -0.163. The largest absolute Gasteiger partial charge is 0.496 e. The molecule has 0 fully saturated rings. The fourth-order valence-corrected chi connectivity index (χ4v) is 3.14. The standard InChI is InChI=1S/C23H20N2O3/c1-15-6-5-7-18(21(15)27-2)22(26)24-14-16-10-12-17(13-11-16)23-25-19-8-3-4-9-20(19)28-23/h3-13H,14H2,1-2H3,(H,24,26). The highest BCUT2D eigenvalue weighted by atomic mass is 16.5. The quantitative estimate of drug-likeness (QED) is 0.549. The van der Waals surface area contributed by atoms with Gasteiger partial charge in [-0.15, -0.1) is 0 Å². The van der Waals surface area contributed by atoms with Crippen LogP contribution in [0.15, 0.2) is 71.1 Å². The normalized spacial score (nSPS) is 10.8. The molecule has 5 heteroatoms. The van der Waals surface area contributed by atoms with E-state index in [4.69, 9.17) is 9.15 Å². The van der Waals surface area contributed by atoms with Crippen LogP contribution in [0.5, 0.6) is 5.75 Å². The number of hydrogen-bond donors (Lipinski definition) is 1. The number of oxazole rings is 1. The highest BCUT2D eigenvalue weighted by Crippen LogP contribution is 2.25.